The van der Waals surface area contributed by atoms with Crippen LogP contribution in [0, 0.1) is 13.8 Å². The average molecular weight is 434 g/mol. The van der Waals surface area contributed by atoms with Gasteiger partial charge in [0.05, 0.1) is 24.4 Å². The SMILES string of the molecule is C=N/C1=N\c2c(C)c(Cl)nn2CCCOc2nn([C@H]3CC[C@H](OC)CC3)c(C)c2N1. The molecule has 3 heterocycles. The Balaban J connectivity index is 1.68. The molecule has 0 radical (unpaired) electrons. The van der Waals surface area contributed by atoms with Crippen molar-refractivity contribution in [2.24, 2.45) is 9.98 Å². The highest BCUT2D eigenvalue weighted by atomic mass is 35.5. The lowest BCUT2D eigenvalue weighted by Crippen LogP contribution is -2.24. The second-order valence-corrected chi connectivity index (χ2v) is 8.12. The van der Waals surface area contributed by atoms with Gasteiger partial charge in [-0.1, -0.05) is 11.6 Å². The maximum absolute atomic E-state index is 6.23. The number of hydrogen-bond donors (Lipinski definition) is 1. The molecule has 1 N–H and O–H groups in total. The number of methoxy groups -OCH3 is 1. The van der Waals surface area contributed by atoms with E-state index in [1.54, 1.807) is 11.8 Å². The van der Waals surface area contributed by atoms with Gasteiger partial charge in [-0.05, 0) is 46.2 Å². The van der Waals surface area contributed by atoms with Gasteiger partial charge in [-0.15, -0.1) is 5.10 Å². The van der Waals surface area contributed by atoms with Crippen molar-refractivity contribution in [2.45, 2.75) is 64.6 Å². The van der Waals surface area contributed by atoms with Crippen molar-refractivity contribution in [3.8, 4) is 5.88 Å². The number of aryl methyl sites for hydroxylation is 1. The quantitative estimate of drug-likeness (QED) is 0.721. The van der Waals surface area contributed by atoms with E-state index in [1.807, 2.05) is 13.8 Å². The van der Waals surface area contributed by atoms with Crippen molar-refractivity contribution < 1.29 is 9.47 Å². The van der Waals surface area contributed by atoms with Crippen LogP contribution in [0.4, 0.5) is 11.5 Å². The van der Waals surface area contributed by atoms with Gasteiger partial charge in [0, 0.05) is 25.6 Å². The number of aliphatic imine (C=N–C) groups is 2. The monoisotopic (exact) mass is 433 g/mol. The van der Waals surface area contributed by atoms with Gasteiger partial charge in [-0.3, -0.25) is 4.68 Å². The lowest BCUT2D eigenvalue weighted by Gasteiger charge is -2.28. The summed E-state index contributed by atoms with van der Waals surface area (Å²) in [5, 5.41) is 12.9. The summed E-state index contributed by atoms with van der Waals surface area (Å²) in [6.07, 6.45) is 5.21. The fourth-order valence-electron chi connectivity index (χ4n) is 4.13. The molecule has 2 aliphatic rings. The van der Waals surface area contributed by atoms with Gasteiger partial charge in [0.1, 0.15) is 5.69 Å². The van der Waals surface area contributed by atoms with Gasteiger partial charge in [0.2, 0.25) is 5.96 Å². The highest BCUT2D eigenvalue weighted by Crippen LogP contribution is 2.36. The maximum Gasteiger partial charge on any atom is 0.257 e. The molecule has 0 saturated heterocycles. The molecule has 0 amide bonds. The molecule has 2 aromatic heterocycles. The summed E-state index contributed by atoms with van der Waals surface area (Å²) < 4.78 is 15.4. The van der Waals surface area contributed by atoms with E-state index in [2.05, 4.69) is 31.8 Å². The Bertz CT molecular complexity index is 957. The van der Waals surface area contributed by atoms with E-state index in [1.165, 1.54) is 0 Å². The van der Waals surface area contributed by atoms with E-state index in [0.717, 1.165) is 49.0 Å². The molecule has 0 aromatic carbocycles. The Kier molecular flexibility index (Phi) is 6.10. The molecule has 0 spiro atoms. The Labute approximate surface area is 181 Å². The average Bonchev–Trinajstić information content (AvgIpc) is 3.20. The lowest BCUT2D eigenvalue weighted by molar-refractivity contribution is 0.0563. The van der Waals surface area contributed by atoms with Gasteiger partial charge in [0.25, 0.3) is 5.88 Å². The van der Waals surface area contributed by atoms with Crippen molar-refractivity contribution in [3.05, 3.63) is 16.4 Å². The normalized spacial score (nSPS) is 23.8. The second kappa shape index (κ2) is 8.77. The first-order valence-corrected chi connectivity index (χ1v) is 10.7. The number of nitrogens with one attached hydrogen (secondary N) is 1. The molecule has 0 atom stereocenters. The molecule has 4 rings (SSSR count). The van der Waals surface area contributed by atoms with Crippen LogP contribution in [0.2, 0.25) is 5.15 Å². The van der Waals surface area contributed by atoms with E-state index < -0.39 is 0 Å². The molecule has 0 bridgehead atoms. The van der Waals surface area contributed by atoms with Crippen LogP contribution < -0.4 is 10.1 Å². The number of rotatable bonds is 2. The summed E-state index contributed by atoms with van der Waals surface area (Å²) in [6, 6.07) is 0.321. The van der Waals surface area contributed by atoms with Crippen molar-refractivity contribution in [1.29, 1.82) is 0 Å². The van der Waals surface area contributed by atoms with Crippen molar-refractivity contribution >= 4 is 35.8 Å². The number of aromatic nitrogens is 4. The molecule has 1 saturated carbocycles. The Morgan fingerprint density at radius 2 is 2.00 bits per heavy atom. The third kappa shape index (κ3) is 3.96. The van der Waals surface area contributed by atoms with Gasteiger partial charge in [0.15, 0.2) is 11.0 Å². The topological polar surface area (TPSA) is 90.9 Å². The summed E-state index contributed by atoms with van der Waals surface area (Å²) in [7, 11) is 1.78. The predicted molar refractivity (Wildman–Crippen MR) is 118 cm³/mol. The Hall–Kier alpha value is -2.39. The molecule has 162 valence electrons. The van der Waals surface area contributed by atoms with Crippen LogP contribution >= 0.6 is 11.6 Å². The van der Waals surface area contributed by atoms with E-state index in [9.17, 15) is 0 Å². The number of guanidine groups is 1. The van der Waals surface area contributed by atoms with E-state index >= 15 is 0 Å². The molecular formula is C20H28ClN7O2. The van der Waals surface area contributed by atoms with Crippen molar-refractivity contribution in [3.63, 3.8) is 0 Å². The lowest BCUT2D eigenvalue weighted by atomic mass is 9.93. The smallest absolute Gasteiger partial charge is 0.257 e. The van der Waals surface area contributed by atoms with Crippen LogP contribution in [-0.2, 0) is 11.3 Å². The molecule has 1 aliphatic heterocycles. The van der Waals surface area contributed by atoms with Crippen molar-refractivity contribution in [1.82, 2.24) is 19.6 Å². The fraction of sp³-hybridized carbons (Fsp3) is 0.600. The first kappa shape index (κ1) is 20.9. The van der Waals surface area contributed by atoms with Gasteiger partial charge < -0.3 is 14.8 Å². The minimum atomic E-state index is 0.321. The number of nitrogens with zero attached hydrogens (tertiary/aromatic N) is 6. The van der Waals surface area contributed by atoms with Gasteiger partial charge >= 0.3 is 0 Å². The van der Waals surface area contributed by atoms with E-state index in [0.29, 0.717) is 48.1 Å². The number of hydrogen-bond acceptors (Lipinski definition) is 7. The summed E-state index contributed by atoms with van der Waals surface area (Å²) in [4.78, 5) is 8.73. The number of anilines is 1. The molecule has 10 heteroatoms. The van der Waals surface area contributed by atoms with Crippen LogP contribution in [-0.4, -0.2) is 52.1 Å². The summed E-state index contributed by atoms with van der Waals surface area (Å²) in [5.74, 6) is 1.58. The predicted octanol–water partition coefficient (Wildman–Crippen LogP) is 4.06. The van der Waals surface area contributed by atoms with E-state index in [4.69, 9.17) is 26.2 Å². The highest BCUT2D eigenvalue weighted by Gasteiger charge is 2.27. The molecule has 1 fully saturated rings. The van der Waals surface area contributed by atoms with Crippen LogP contribution in [0.5, 0.6) is 5.88 Å². The minimum Gasteiger partial charge on any atom is -0.475 e. The highest BCUT2D eigenvalue weighted by molar-refractivity contribution is 6.30. The number of fused-ring (bicyclic) bond motifs is 2. The number of ether oxygens (including phenoxy) is 2. The molecule has 2 aromatic rings. The maximum atomic E-state index is 6.23. The van der Waals surface area contributed by atoms with Crippen LogP contribution in [0.1, 0.15) is 49.4 Å². The second-order valence-electron chi connectivity index (χ2n) is 7.76. The molecular weight excluding hydrogens is 406 g/mol. The zero-order valence-corrected chi connectivity index (χ0v) is 18.4. The minimum absolute atomic E-state index is 0.321. The third-order valence-corrected chi connectivity index (χ3v) is 6.25. The largest absolute Gasteiger partial charge is 0.475 e. The molecule has 9 nitrogen and oxygen atoms in total. The first-order valence-electron chi connectivity index (χ1n) is 10.3. The summed E-state index contributed by atoms with van der Waals surface area (Å²) in [5.41, 5.74) is 2.57. The zero-order chi connectivity index (χ0) is 21.3. The molecule has 30 heavy (non-hydrogen) atoms. The summed E-state index contributed by atoms with van der Waals surface area (Å²) in [6.45, 7) is 8.75. The summed E-state index contributed by atoms with van der Waals surface area (Å²) >= 11 is 6.23. The standard InChI is InChI=1S/C20H28ClN7O2/c1-12-17(21)25-27-10-5-11-30-19-16(23-20(22-3)24-18(12)27)13(2)28(26-19)14-6-8-15(29-4)9-7-14/h14-15H,3,5-11H2,1-2,4H3,(H,23,24)/t14-,15-. The fourth-order valence-corrected chi connectivity index (χ4v) is 4.30. The Morgan fingerprint density at radius 3 is 2.70 bits per heavy atom. The van der Waals surface area contributed by atoms with E-state index in [-0.39, 0.29) is 0 Å². The van der Waals surface area contributed by atoms with Crippen LogP contribution in [0.25, 0.3) is 0 Å². The van der Waals surface area contributed by atoms with Crippen LogP contribution in [0.15, 0.2) is 9.98 Å². The Morgan fingerprint density at radius 1 is 1.23 bits per heavy atom. The first-order chi connectivity index (χ1) is 14.5. The molecule has 0 unspecified atom stereocenters. The van der Waals surface area contributed by atoms with Gasteiger partial charge in [-0.25, -0.2) is 9.67 Å². The van der Waals surface area contributed by atoms with Gasteiger partial charge in [-0.2, -0.15) is 10.1 Å². The zero-order valence-electron chi connectivity index (χ0n) is 17.7. The number of halogens is 1. The van der Waals surface area contributed by atoms with Crippen molar-refractivity contribution in [2.75, 3.05) is 19.0 Å². The molecule has 1 aliphatic carbocycles. The van der Waals surface area contributed by atoms with Crippen LogP contribution in [0.3, 0.4) is 0 Å². The third-order valence-electron chi connectivity index (χ3n) is 5.89.